The lowest BCUT2D eigenvalue weighted by molar-refractivity contribution is 0.416. The van der Waals surface area contributed by atoms with Crippen LogP contribution in [0.3, 0.4) is 0 Å². The monoisotopic (exact) mass is 261 g/mol. The van der Waals surface area contributed by atoms with Gasteiger partial charge in [0.25, 0.3) is 0 Å². The number of thiophene rings is 1. The molecule has 96 valence electrons. The Morgan fingerprint density at radius 1 is 1.28 bits per heavy atom. The Hall–Kier alpha value is -1.32. The molecular formula is C15H19NOS. The standard InChI is InChI=1S/C15H19NOS/c1-10-6-5-7-13(11(10)2)15(16-3)14-8-12(17-4)9-18-14/h5-9,15-16H,1-4H3. The molecule has 18 heavy (non-hydrogen) atoms. The van der Waals surface area contributed by atoms with E-state index in [0.29, 0.717) is 0 Å². The van der Waals surface area contributed by atoms with Crippen LogP contribution >= 0.6 is 11.3 Å². The third-order valence-corrected chi connectivity index (χ3v) is 4.34. The minimum absolute atomic E-state index is 0.235. The van der Waals surface area contributed by atoms with Crippen molar-refractivity contribution in [1.29, 1.82) is 0 Å². The van der Waals surface area contributed by atoms with Crippen LogP contribution in [0.25, 0.3) is 0 Å². The molecule has 0 saturated carbocycles. The Morgan fingerprint density at radius 3 is 2.67 bits per heavy atom. The van der Waals surface area contributed by atoms with E-state index in [2.05, 4.69) is 43.4 Å². The lowest BCUT2D eigenvalue weighted by Gasteiger charge is -2.18. The predicted octanol–water partition coefficient (Wildman–Crippen LogP) is 3.68. The number of ether oxygens (including phenoxy) is 1. The van der Waals surface area contributed by atoms with Crippen molar-refractivity contribution in [1.82, 2.24) is 5.32 Å². The smallest absolute Gasteiger partial charge is 0.129 e. The molecule has 3 heteroatoms. The largest absolute Gasteiger partial charge is 0.496 e. The first-order valence-electron chi connectivity index (χ1n) is 6.03. The fourth-order valence-electron chi connectivity index (χ4n) is 2.13. The highest BCUT2D eigenvalue weighted by molar-refractivity contribution is 7.10. The quantitative estimate of drug-likeness (QED) is 0.906. The molecular weight excluding hydrogens is 242 g/mol. The van der Waals surface area contributed by atoms with Crippen molar-refractivity contribution in [3.8, 4) is 5.75 Å². The minimum atomic E-state index is 0.235. The van der Waals surface area contributed by atoms with E-state index in [9.17, 15) is 0 Å². The fourth-order valence-corrected chi connectivity index (χ4v) is 3.11. The van der Waals surface area contributed by atoms with Gasteiger partial charge in [-0.2, -0.15) is 0 Å². The Kier molecular flexibility index (Phi) is 4.04. The van der Waals surface area contributed by atoms with Crippen LogP contribution in [-0.4, -0.2) is 14.2 Å². The fraction of sp³-hybridized carbons (Fsp3) is 0.333. The van der Waals surface area contributed by atoms with Crippen LogP contribution in [0.15, 0.2) is 29.6 Å². The van der Waals surface area contributed by atoms with E-state index in [4.69, 9.17) is 4.74 Å². The van der Waals surface area contributed by atoms with Gasteiger partial charge in [-0.05, 0) is 43.7 Å². The number of hydrogen-bond acceptors (Lipinski definition) is 3. The van der Waals surface area contributed by atoms with Gasteiger partial charge in [0.1, 0.15) is 5.75 Å². The molecule has 2 aromatic rings. The Bertz CT molecular complexity index is 533. The number of methoxy groups -OCH3 is 1. The number of rotatable bonds is 4. The summed E-state index contributed by atoms with van der Waals surface area (Å²) < 4.78 is 5.26. The molecule has 1 heterocycles. The average molecular weight is 261 g/mol. The summed E-state index contributed by atoms with van der Waals surface area (Å²) in [6.45, 7) is 4.33. The summed E-state index contributed by atoms with van der Waals surface area (Å²) in [5.41, 5.74) is 4.02. The first-order chi connectivity index (χ1) is 8.67. The summed E-state index contributed by atoms with van der Waals surface area (Å²) in [5.74, 6) is 0.931. The SMILES string of the molecule is CNC(c1cc(OC)cs1)c1cccc(C)c1C. The normalized spacial score (nSPS) is 12.4. The number of benzene rings is 1. The van der Waals surface area contributed by atoms with Gasteiger partial charge in [0.05, 0.1) is 13.2 Å². The highest BCUT2D eigenvalue weighted by Gasteiger charge is 2.17. The summed E-state index contributed by atoms with van der Waals surface area (Å²) in [6, 6.07) is 8.80. The molecule has 1 unspecified atom stereocenters. The van der Waals surface area contributed by atoms with Gasteiger partial charge in [-0.1, -0.05) is 18.2 Å². The van der Waals surface area contributed by atoms with Gasteiger partial charge in [0.15, 0.2) is 0 Å². The Labute approximate surface area is 113 Å². The molecule has 0 aliphatic rings. The van der Waals surface area contributed by atoms with Crippen molar-refractivity contribution in [3.05, 3.63) is 51.2 Å². The van der Waals surface area contributed by atoms with Crippen LogP contribution in [0, 0.1) is 13.8 Å². The highest BCUT2D eigenvalue weighted by atomic mass is 32.1. The summed E-state index contributed by atoms with van der Waals surface area (Å²) >= 11 is 1.73. The lowest BCUT2D eigenvalue weighted by atomic mass is 9.96. The minimum Gasteiger partial charge on any atom is -0.496 e. The summed E-state index contributed by atoms with van der Waals surface area (Å²) in [4.78, 5) is 1.28. The van der Waals surface area contributed by atoms with Gasteiger partial charge in [-0.3, -0.25) is 0 Å². The molecule has 0 saturated heterocycles. The van der Waals surface area contributed by atoms with Crippen LogP contribution in [0.1, 0.15) is 27.6 Å². The third-order valence-electron chi connectivity index (χ3n) is 3.36. The molecule has 0 fully saturated rings. The number of aryl methyl sites for hydroxylation is 1. The van der Waals surface area contributed by atoms with E-state index in [1.54, 1.807) is 18.4 Å². The Balaban J connectivity index is 2.41. The van der Waals surface area contributed by atoms with E-state index >= 15 is 0 Å². The molecule has 1 aromatic carbocycles. The predicted molar refractivity (Wildman–Crippen MR) is 77.7 cm³/mol. The zero-order valence-corrected chi connectivity index (χ0v) is 12.1. The molecule has 2 rings (SSSR count). The second-order valence-electron chi connectivity index (χ2n) is 4.40. The van der Waals surface area contributed by atoms with Gasteiger partial charge in [0.2, 0.25) is 0 Å². The zero-order chi connectivity index (χ0) is 13.1. The molecule has 0 radical (unpaired) electrons. The van der Waals surface area contributed by atoms with Crippen molar-refractivity contribution >= 4 is 11.3 Å². The maximum absolute atomic E-state index is 5.26. The Morgan fingerprint density at radius 2 is 2.06 bits per heavy atom. The molecule has 1 atom stereocenters. The summed E-state index contributed by atoms with van der Waals surface area (Å²) in [7, 11) is 3.71. The third kappa shape index (κ3) is 2.42. The molecule has 0 aliphatic heterocycles. The van der Waals surface area contributed by atoms with Crippen molar-refractivity contribution in [2.75, 3.05) is 14.2 Å². The second-order valence-corrected chi connectivity index (χ2v) is 5.34. The lowest BCUT2D eigenvalue weighted by Crippen LogP contribution is -2.17. The van der Waals surface area contributed by atoms with Crippen LogP contribution in [0.5, 0.6) is 5.75 Å². The molecule has 0 amide bonds. The van der Waals surface area contributed by atoms with Gasteiger partial charge in [-0.15, -0.1) is 11.3 Å². The van der Waals surface area contributed by atoms with E-state index in [0.717, 1.165) is 5.75 Å². The van der Waals surface area contributed by atoms with Crippen molar-refractivity contribution in [2.24, 2.45) is 0 Å². The van der Waals surface area contributed by atoms with Gasteiger partial charge in [0, 0.05) is 10.3 Å². The van der Waals surface area contributed by atoms with Gasteiger partial charge in [-0.25, -0.2) is 0 Å². The highest BCUT2D eigenvalue weighted by Crippen LogP contribution is 2.32. The van der Waals surface area contributed by atoms with E-state index in [1.807, 2.05) is 12.4 Å². The van der Waals surface area contributed by atoms with Crippen LogP contribution in [-0.2, 0) is 0 Å². The van der Waals surface area contributed by atoms with Crippen LogP contribution in [0.4, 0.5) is 0 Å². The van der Waals surface area contributed by atoms with Crippen molar-refractivity contribution in [3.63, 3.8) is 0 Å². The van der Waals surface area contributed by atoms with Crippen molar-refractivity contribution < 1.29 is 4.74 Å². The van der Waals surface area contributed by atoms with Crippen molar-refractivity contribution in [2.45, 2.75) is 19.9 Å². The molecule has 0 spiro atoms. The van der Waals surface area contributed by atoms with Crippen LogP contribution in [0.2, 0.25) is 0 Å². The molecule has 0 aliphatic carbocycles. The maximum Gasteiger partial charge on any atom is 0.129 e. The number of hydrogen-bond donors (Lipinski definition) is 1. The molecule has 2 nitrogen and oxygen atoms in total. The van der Waals surface area contributed by atoms with Gasteiger partial charge >= 0.3 is 0 Å². The maximum atomic E-state index is 5.26. The summed E-state index contributed by atoms with van der Waals surface area (Å²) in [5, 5.41) is 5.44. The first-order valence-corrected chi connectivity index (χ1v) is 6.91. The summed E-state index contributed by atoms with van der Waals surface area (Å²) in [6.07, 6.45) is 0. The van der Waals surface area contributed by atoms with Crippen LogP contribution < -0.4 is 10.1 Å². The average Bonchev–Trinajstić information content (AvgIpc) is 2.84. The zero-order valence-electron chi connectivity index (χ0n) is 11.3. The van der Waals surface area contributed by atoms with Gasteiger partial charge < -0.3 is 10.1 Å². The molecule has 1 N–H and O–H groups in total. The molecule has 0 bridgehead atoms. The van der Waals surface area contributed by atoms with E-state index < -0.39 is 0 Å². The number of nitrogens with one attached hydrogen (secondary N) is 1. The first kappa shape index (κ1) is 13.1. The van der Waals surface area contributed by atoms with E-state index in [1.165, 1.54) is 21.6 Å². The molecule has 1 aromatic heterocycles. The second kappa shape index (κ2) is 5.55. The van der Waals surface area contributed by atoms with E-state index in [-0.39, 0.29) is 6.04 Å². The topological polar surface area (TPSA) is 21.3 Å².